The van der Waals surface area contributed by atoms with Crippen LogP contribution in [0.1, 0.15) is 32.4 Å². The quantitative estimate of drug-likeness (QED) is 0.922. The Labute approximate surface area is 130 Å². The minimum absolute atomic E-state index is 0.0299. The number of rotatable bonds is 4. The van der Waals surface area contributed by atoms with Crippen molar-refractivity contribution in [2.24, 2.45) is 0 Å². The van der Waals surface area contributed by atoms with Crippen LogP contribution in [0.5, 0.6) is 0 Å². The Balaban J connectivity index is 2.96. The number of benzene rings is 1. The first-order valence-corrected chi connectivity index (χ1v) is 7.06. The fraction of sp³-hybridized carbons (Fsp3) is 0.533. The molecule has 0 saturated heterocycles. The molecule has 1 amide bonds. The van der Waals surface area contributed by atoms with Crippen molar-refractivity contribution in [1.82, 2.24) is 10.2 Å². The second-order valence-corrected chi connectivity index (χ2v) is 6.51. The molecule has 4 nitrogen and oxygen atoms in total. The van der Waals surface area contributed by atoms with Gasteiger partial charge in [0.05, 0.1) is 11.1 Å². The molecule has 1 aromatic rings. The molecule has 0 spiro atoms. The van der Waals surface area contributed by atoms with Gasteiger partial charge in [0, 0.05) is 12.1 Å². The van der Waals surface area contributed by atoms with Crippen LogP contribution in [0.25, 0.3) is 0 Å². The number of likely N-dealkylation sites (N-methyl/N-ethyl adjacent to an activating group) is 1. The summed E-state index contributed by atoms with van der Waals surface area (Å²) in [6, 6.07) is 4.18. The maximum atomic E-state index is 14.1. The van der Waals surface area contributed by atoms with Gasteiger partial charge in [0.25, 0.3) is 0 Å². The molecule has 0 aliphatic rings. The molecule has 1 N–H and O–H groups in total. The van der Waals surface area contributed by atoms with Crippen LogP contribution in [0.15, 0.2) is 18.2 Å². The number of nitrogens with one attached hydrogen (secondary N) is 1. The zero-order valence-electron chi connectivity index (χ0n) is 13.0. The zero-order valence-corrected chi connectivity index (χ0v) is 13.8. The molecule has 118 valence electrons. The van der Waals surface area contributed by atoms with E-state index in [-0.39, 0.29) is 5.02 Å². The third-order valence-corrected chi connectivity index (χ3v) is 2.89. The molecule has 0 aromatic heterocycles. The van der Waals surface area contributed by atoms with E-state index in [1.165, 1.54) is 6.07 Å². The first kappa shape index (κ1) is 17.7. The van der Waals surface area contributed by atoms with Crippen molar-refractivity contribution in [2.75, 3.05) is 20.6 Å². The van der Waals surface area contributed by atoms with E-state index in [0.29, 0.717) is 12.1 Å². The average molecular weight is 317 g/mol. The van der Waals surface area contributed by atoms with Crippen molar-refractivity contribution in [2.45, 2.75) is 32.4 Å². The van der Waals surface area contributed by atoms with Crippen LogP contribution in [0.3, 0.4) is 0 Å². The van der Waals surface area contributed by atoms with Gasteiger partial charge in [-0.1, -0.05) is 23.7 Å². The minimum atomic E-state index is -0.611. The fourth-order valence-corrected chi connectivity index (χ4v) is 2.01. The van der Waals surface area contributed by atoms with Gasteiger partial charge < -0.3 is 15.0 Å². The highest BCUT2D eigenvalue weighted by Crippen LogP contribution is 2.24. The Hall–Kier alpha value is -1.33. The second kappa shape index (κ2) is 7.09. The molecule has 0 fully saturated rings. The molecule has 6 heteroatoms. The highest BCUT2D eigenvalue weighted by atomic mass is 35.5. The average Bonchev–Trinajstić information content (AvgIpc) is 2.28. The monoisotopic (exact) mass is 316 g/mol. The lowest BCUT2D eigenvalue weighted by Crippen LogP contribution is -2.39. The molecule has 0 bridgehead atoms. The number of carbonyl (C=O) groups excluding carboxylic acids is 1. The van der Waals surface area contributed by atoms with E-state index in [1.807, 2.05) is 19.0 Å². The molecule has 1 atom stereocenters. The van der Waals surface area contributed by atoms with Crippen molar-refractivity contribution in [3.05, 3.63) is 34.6 Å². The van der Waals surface area contributed by atoms with Gasteiger partial charge in [-0.3, -0.25) is 0 Å². The first-order chi connectivity index (χ1) is 9.60. The lowest BCUT2D eigenvalue weighted by atomic mass is 10.1. The van der Waals surface area contributed by atoms with Crippen molar-refractivity contribution < 1.29 is 13.9 Å². The van der Waals surface area contributed by atoms with Crippen molar-refractivity contribution in [3.8, 4) is 0 Å². The molecular weight excluding hydrogens is 295 g/mol. The lowest BCUT2D eigenvalue weighted by molar-refractivity contribution is 0.0495. The zero-order chi connectivity index (χ0) is 16.2. The number of hydrogen-bond donors (Lipinski definition) is 1. The smallest absolute Gasteiger partial charge is 0.408 e. The third kappa shape index (κ3) is 5.89. The van der Waals surface area contributed by atoms with Crippen molar-refractivity contribution in [3.63, 3.8) is 0 Å². The second-order valence-electron chi connectivity index (χ2n) is 6.10. The van der Waals surface area contributed by atoms with E-state index in [1.54, 1.807) is 32.9 Å². The lowest BCUT2D eigenvalue weighted by Gasteiger charge is -2.26. The molecule has 0 aliphatic carbocycles. The number of hydrogen-bond acceptors (Lipinski definition) is 3. The Kier molecular flexibility index (Phi) is 5.98. The summed E-state index contributed by atoms with van der Waals surface area (Å²) in [5.74, 6) is -0.526. The van der Waals surface area contributed by atoms with E-state index in [0.717, 1.165) is 0 Å². The summed E-state index contributed by atoms with van der Waals surface area (Å²) in [5, 5.41) is 2.72. The van der Waals surface area contributed by atoms with Crippen LogP contribution < -0.4 is 5.32 Å². The number of nitrogens with zero attached hydrogens (tertiary/aromatic N) is 1. The highest BCUT2D eigenvalue weighted by molar-refractivity contribution is 6.30. The Morgan fingerprint density at radius 3 is 2.57 bits per heavy atom. The van der Waals surface area contributed by atoms with Crippen LogP contribution in [-0.4, -0.2) is 37.2 Å². The summed E-state index contributed by atoms with van der Waals surface area (Å²) >= 11 is 5.80. The van der Waals surface area contributed by atoms with Crippen molar-refractivity contribution in [1.29, 1.82) is 0 Å². The molecule has 1 rings (SSSR count). The van der Waals surface area contributed by atoms with Gasteiger partial charge in [0.1, 0.15) is 11.4 Å². The van der Waals surface area contributed by atoms with Gasteiger partial charge in [-0.05, 0) is 40.9 Å². The van der Waals surface area contributed by atoms with Gasteiger partial charge >= 0.3 is 6.09 Å². The van der Waals surface area contributed by atoms with Crippen LogP contribution in [0.4, 0.5) is 9.18 Å². The summed E-state index contributed by atoms with van der Waals surface area (Å²) in [7, 11) is 3.68. The van der Waals surface area contributed by atoms with Gasteiger partial charge in [-0.2, -0.15) is 0 Å². The predicted octanol–water partition coefficient (Wildman–Crippen LogP) is 3.61. The van der Waals surface area contributed by atoms with Crippen LogP contribution >= 0.6 is 11.6 Å². The summed E-state index contributed by atoms with van der Waals surface area (Å²) in [6.07, 6.45) is -0.589. The van der Waals surface area contributed by atoms with E-state index in [9.17, 15) is 9.18 Å². The molecular formula is C15H22ClFN2O2. The number of alkyl carbamates (subject to hydrolysis) is 1. The standard InChI is InChI=1S/C15H22ClFN2O2/c1-15(2,3)21-14(20)18-12(9-19(4)5)10-7-6-8-11(16)13(10)17/h6-8,12H,9H2,1-5H3,(H,18,20)/t12-/m1/s1. The Morgan fingerprint density at radius 1 is 1.43 bits per heavy atom. The van der Waals surface area contributed by atoms with Gasteiger partial charge in [-0.15, -0.1) is 0 Å². The van der Waals surface area contributed by atoms with Gasteiger partial charge in [0.15, 0.2) is 0 Å². The fourth-order valence-electron chi connectivity index (χ4n) is 1.83. The third-order valence-electron chi connectivity index (χ3n) is 2.60. The topological polar surface area (TPSA) is 41.6 Å². The SMILES string of the molecule is CN(C)C[C@@H](NC(=O)OC(C)(C)C)c1cccc(Cl)c1F. The summed E-state index contributed by atoms with van der Waals surface area (Å²) in [4.78, 5) is 13.8. The normalized spacial score (nSPS) is 13.1. The van der Waals surface area contributed by atoms with E-state index in [2.05, 4.69) is 5.32 Å². The summed E-state index contributed by atoms with van der Waals surface area (Å²) in [5.41, 5.74) is -0.276. The number of halogens is 2. The maximum absolute atomic E-state index is 14.1. The first-order valence-electron chi connectivity index (χ1n) is 6.68. The summed E-state index contributed by atoms with van der Waals surface area (Å²) in [6.45, 7) is 5.74. The van der Waals surface area contributed by atoms with Crippen molar-refractivity contribution >= 4 is 17.7 Å². The Bertz CT molecular complexity index is 501. The molecule has 21 heavy (non-hydrogen) atoms. The molecule has 0 heterocycles. The molecule has 1 aromatic carbocycles. The van der Waals surface area contributed by atoms with Crippen LogP contribution in [-0.2, 0) is 4.74 Å². The van der Waals surface area contributed by atoms with Crippen LogP contribution in [0, 0.1) is 5.82 Å². The molecule has 0 unspecified atom stereocenters. The molecule has 0 radical (unpaired) electrons. The number of amides is 1. The minimum Gasteiger partial charge on any atom is -0.444 e. The molecule has 0 aliphatic heterocycles. The van der Waals surface area contributed by atoms with Crippen LogP contribution in [0.2, 0.25) is 5.02 Å². The van der Waals surface area contributed by atoms with Gasteiger partial charge in [0.2, 0.25) is 0 Å². The highest BCUT2D eigenvalue weighted by Gasteiger charge is 2.23. The predicted molar refractivity (Wildman–Crippen MR) is 82.1 cm³/mol. The largest absolute Gasteiger partial charge is 0.444 e. The van der Waals surface area contributed by atoms with Gasteiger partial charge in [-0.25, -0.2) is 9.18 Å². The number of carbonyl (C=O) groups is 1. The maximum Gasteiger partial charge on any atom is 0.408 e. The van der Waals surface area contributed by atoms with E-state index in [4.69, 9.17) is 16.3 Å². The summed E-state index contributed by atoms with van der Waals surface area (Å²) < 4.78 is 19.4. The van der Waals surface area contributed by atoms with E-state index < -0.39 is 23.6 Å². The number of ether oxygens (including phenoxy) is 1. The Morgan fingerprint density at radius 2 is 2.05 bits per heavy atom. The van der Waals surface area contributed by atoms with E-state index >= 15 is 0 Å². The molecule has 0 saturated carbocycles.